The van der Waals surface area contributed by atoms with E-state index in [1.54, 1.807) is 12.1 Å². The molecule has 0 saturated heterocycles. The SMILES string of the molecule is COc1c(N)cccc1C(=O)OCc1ccc(Cl)cc1F. The minimum absolute atomic E-state index is 0.187. The van der Waals surface area contributed by atoms with Crippen molar-refractivity contribution in [2.24, 2.45) is 0 Å². The number of nitrogen functional groups attached to an aromatic ring is 1. The average molecular weight is 310 g/mol. The number of anilines is 1. The first-order valence-corrected chi connectivity index (χ1v) is 6.44. The number of hydrogen-bond acceptors (Lipinski definition) is 4. The molecule has 2 aromatic rings. The lowest BCUT2D eigenvalue weighted by Gasteiger charge is -2.11. The van der Waals surface area contributed by atoms with Gasteiger partial charge in [-0.15, -0.1) is 0 Å². The molecule has 0 spiro atoms. The maximum atomic E-state index is 13.6. The first-order chi connectivity index (χ1) is 10.0. The van der Waals surface area contributed by atoms with Gasteiger partial charge in [0.15, 0.2) is 5.75 Å². The van der Waals surface area contributed by atoms with Crippen LogP contribution in [0.25, 0.3) is 0 Å². The van der Waals surface area contributed by atoms with Gasteiger partial charge in [0.1, 0.15) is 18.0 Å². The van der Waals surface area contributed by atoms with Crippen LogP contribution in [0, 0.1) is 5.82 Å². The molecule has 0 atom stereocenters. The summed E-state index contributed by atoms with van der Waals surface area (Å²) in [4.78, 5) is 12.0. The van der Waals surface area contributed by atoms with Crippen molar-refractivity contribution in [1.29, 1.82) is 0 Å². The quantitative estimate of drug-likeness (QED) is 0.694. The molecule has 0 radical (unpaired) electrons. The van der Waals surface area contributed by atoms with Crippen LogP contribution in [0.15, 0.2) is 36.4 Å². The fourth-order valence-electron chi connectivity index (χ4n) is 1.80. The first-order valence-electron chi connectivity index (χ1n) is 6.06. The van der Waals surface area contributed by atoms with Crippen LogP contribution in [-0.4, -0.2) is 13.1 Å². The predicted molar refractivity (Wildman–Crippen MR) is 77.9 cm³/mol. The van der Waals surface area contributed by atoms with Crippen molar-refractivity contribution in [1.82, 2.24) is 0 Å². The second-order valence-electron chi connectivity index (χ2n) is 4.24. The highest BCUT2D eigenvalue weighted by Gasteiger charge is 2.16. The van der Waals surface area contributed by atoms with Crippen LogP contribution < -0.4 is 10.5 Å². The van der Waals surface area contributed by atoms with Gasteiger partial charge in [0.05, 0.1) is 12.8 Å². The summed E-state index contributed by atoms with van der Waals surface area (Å²) in [5.74, 6) is -0.942. The maximum Gasteiger partial charge on any atom is 0.342 e. The molecular weight excluding hydrogens is 297 g/mol. The number of benzene rings is 2. The number of ether oxygens (including phenoxy) is 2. The van der Waals surface area contributed by atoms with Crippen LogP contribution in [0.3, 0.4) is 0 Å². The van der Waals surface area contributed by atoms with E-state index in [2.05, 4.69) is 0 Å². The summed E-state index contributed by atoms with van der Waals surface area (Å²) in [6, 6.07) is 8.88. The van der Waals surface area contributed by atoms with E-state index in [9.17, 15) is 9.18 Å². The van der Waals surface area contributed by atoms with Crippen molar-refractivity contribution in [2.75, 3.05) is 12.8 Å². The number of para-hydroxylation sites is 1. The van der Waals surface area contributed by atoms with Gasteiger partial charge in [-0.25, -0.2) is 9.18 Å². The summed E-state index contributed by atoms with van der Waals surface area (Å²) >= 11 is 5.65. The molecule has 0 aliphatic heterocycles. The van der Waals surface area contributed by atoms with Crippen LogP contribution in [0.5, 0.6) is 5.75 Å². The number of esters is 1. The molecule has 2 rings (SSSR count). The van der Waals surface area contributed by atoms with Gasteiger partial charge < -0.3 is 15.2 Å². The van der Waals surface area contributed by atoms with Crippen molar-refractivity contribution < 1.29 is 18.7 Å². The Bertz CT molecular complexity index is 676. The summed E-state index contributed by atoms with van der Waals surface area (Å²) < 4.78 is 23.7. The van der Waals surface area contributed by atoms with E-state index in [1.165, 1.54) is 25.3 Å². The van der Waals surface area contributed by atoms with Crippen molar-refractivity contribution in [2.45, 2.75) is 6.61 Å². The third kappa shape index (κ3) is 3.44. The van der Waals surface area contributed by atoms with Crippen molar-refractivity contribution in [3.05, 3.63) is 58.4 Å². The number of methoxy groups -OCH3 is 1. The summed E-state index contributed by atoms with van der Waals surface area (Å²) in [5.41, 5.74) is 6.45. The Morgan fingerprint density at radius 1 is 1.33 bits per heavy atom. The zero-order chi connectivity index (χ0) is 15.4. The first kappa shape index (κ1) is 15.1. The molecular formula is C15H13ClFNO3. The van der Waals surface area contributed by atoms with E-state index in [0.29, 0.717) is 5.69 Å². The summed E-state index contributed by atoms with van der Waals surface area (Å²) in [7, 11) is 1.40. The monoisotopic (exact) mass is 309 g/mol. The average Bonchev–Trinajstić information content (AvgIpc) is 2.45. The number of carbonyl (C=O) groups is 1. The fourth-order valence-corrected chi connectivity index (χ4v) is 1.96. The van der Waals surface area contributed by atoms with Gasteiger partial charge in [0.2, 0.25) is 0 Å². The lowest BCUT2D eigenvalue weighted by Crippen LogP contribution is -2.09. The van der Waals surface area contributed by atoms with Crippen LogP contribution in [0.4, 0.5) is 10.1 Å². The molecule has 110 valence electrons. The molecule has 4 nitrogen and oxygen atoms in total. The normalized spacial score (nSPS) is 10.2. The van der Waals surface area contributed by atoms with E-state index in [4.69, 9.17) is 26.8 Å². The molecule has 0 heterocycles. The van der Waals surface area contributed by atoms with Crippen molar-refractivity contribution >= 4 is 23.3 Å². The van der Waals surface area contributed by atoms with Crippen LogP contribution in [0.2, 0.25) is 5.02 Å². The molecule has 2 aromatic carbocycles. The highest BCUT2D eigenvalue weighted by Crippen LogP contribution is 2.27. The van der Waals surface area contributed by atoms with Crippen LogP contribution >= 0.6 is 11.6 Å². The molecule has 0 bridgehead atoms. The molecule has 0 unspecified atom stereocenters. The molecule has 0 saturated carbocycles. The highest BCUT2D eigenvalue weighted by atomic mass is 35.5. The third-order valence-electron chi connectivity index (χ3n) is 2.84. The fraction of sp³-hybridized carbons (Fsp3) is 0.133. The lowest BCUT2D eigenvalue weighted by molar-refractivity contribution is 0.0465. The Morgan fingerprint density at radius 3 is 2.76 bits per heavy atom. The highest BCUT2D eigenvalue weighted by molar-refractivity contribution is 6.30. The lowest BCUT2D eigenvalue weighted by atomic mass is 10.1. The molecule has 0 fully saturated rings. The number of rotatable bonds is 4. The maximum absolute atomic E-state index is 13.6. The number of carbonyl (C=O) groups excluding carboxylic acids is 1. The third-order valence-corrected chi connectivity index (χ3v) is 3.08. The second-order valence-corrected chi connectivity index (χ2v) is 4.68. The standard InChI is InChI=1S/C15H13ClFNO3/c1-20-14-11(3-2-4-13(14)18)15(19)21-8-9-5-6-10(16)7-12(9)17/h2-7H,8,18H2,1H3. The molecule has 0 aliphatic carbocycles. The van der Waals surface area contributed by atoms with E-state index in [0.717, 1.165) is 6.07 Å². The smallest absolute Gasteiger partial charge is 0.342 e. The summed E-state index contributed by atoms with van der Waals surface area (Å²) in [6.07, 6.45) is 0. The van der Waals surface area contributed by atoms with E-state index >= 15 is 0 Å². The number of nitrogens with two attached hydrogens (primary N) is 1. The Kier molecular flexibility index (Phi) is 4.65. The number of halogens is 2. The van der Waals surface area contributed by atoms with E-state index in [1.807, 2.05) is 0 Å². The molecule has 6 heteroatoms. The Morgan fingerprint density at radius 2 is 2.10 bits per heavy atom. The van der Waals surface area contributed by atoms with E-state index in [-0.39, 0.29) is 28.5 Å². The van der Waals surface area contributed by atoms with Crippen LogP contribution in [-0.2, 0) is 11.3 Å². The topological polar surface area (TPSA) is 61.5 Å². The van der Waals surface area contributed by atoms with Gasteiger partial charge in [-0.1, -0.05) is 23.7 Å². The molecule has 0 aromatic heterocycles. The molecule has 0 amide bonds. The van der Waals surface area contributed by atoms with E-state index < -0.39 is 11.8 Å². The molecule has 2 N–H and O–H groups in total. The van der Waals surface area contributed by atoms with Gasteiger partial charge in [-0.05, 0) is 24.3 Å². The molecule has 21 heavy (non-hydrogen) atoms. The minimum atomic E-state index is -0.645. The second kappa shape index (κ2) is 6.45. The van der Waals surface area contributed by atoms with Gasteiger partial charge >= 0.3 is 5.97 Å². The summed E-state index contributed by atoms with van der Waals surface area (Å²) in [5, 5.41) is 0.278. The zero-order valence-corrected chi connectivity index (χ0v) is 12.0. The van der Waals surface area contributed by atoms with Gasteiger partial charge in [-0.2, -0.15) is 0 Å². The Labute approximate surface area is 126 Å². The van der Waals surface area contributed by atoms with Crippen molar-refractivity contribution in [3.8, 4) is 5.75 Å². The summed E-state index contributed by atoms with van der Waals surface area (Å²) in [6.45, 7) is -0.209. The van der Waals surface area contributed by atoms with Crippen LogP contribution in [0.1, 0.15) is 15.9 Å². The Balaban J connectivity index is 2.14. The van der Waals surface area contributed by atoms with Gasteiger partial charge in [0, 0.05) is 10.6 Å². The molecule has 0 aliphatic rings. The Hall–Kier alpha value is -2.27. The van der Waals surface area contributed by atoms with Gasteiger partial charge in [0.25, 0.3) is 0 Å². The number of hydrogen-bond donors (Lipinski definition) is 1. The zero-order valence-electron chi connectivity index (χ0n) is 11.2. The minimum Gasteiger partial charge on any atom is -0.494 e. The van der Waals surface area contributed by atoms with Crippen molar-refractivity contribution in [3.63, 3.8) is 0 Å². The predicted octanol–water partition coefficient (Wildman–Crippen LogP) is 3.43. The van der Waals surface area contributed by atoms with Gasteiger partial charge in [-0.3, -0.25) is 0 Å². The largest absolute Gasteiger partial charge is 0.494 e.